The zero-order valence-corrected chi connectivity index (χ0v) is 8.56. The fourth-order valence-corrected chi connectivity index (χ4v) is 2.09. The van der Waals surface area contributed by atoms with E-state index >= 15 is 0 Å². The molecule has 0 amide bonds. The van der Waals surface area contributed by atoms with Gasteiger partial charge in [0.15, 0.2) is 0 Å². The Kier molecular flexibility index (Phi) is 1.91. The summed E-state index contributed by atoms with van der Waals surface area (Å²) in [4.78, 5) is 0. The minimum Gasteiger partial charge on any atom is -0.465 e. The molecular formula is C11H18O2. The molecule has 13 heavy (non-hydrogen) atoms. The summed E-state index contributed by atoms with van der Waals surface area (Å²) in [5.74, 6) is 0.492. The summed E-state index contributed by atoms with van der Waals surface area (Å²) in [6.45, 7) is 8.99. The lowest BCUT2D eigenvalue weighted by Crippen LogP contribution is -2.37. The zero-order chi connectivity index (χ0) is 9.53. The maximum absolute atomic E-state index is 5.67. The molecule has 74 valence electrons. The fraction of sp³-hybridized carbons (Fsp3) is 0.818. The number of ether oxygens (including phenoxy) is 2. The quantitative estimate of drug-likeness (QED) is 0.573. The smallest absolute Gasteiger partial charge is 0.210 e. The average Bonchev–Trinajstić information content (AvgIpc) is 2.41. The SMILES string of the molecule is C=C1COC2(CCC(C)(C)CC2)O1. The van der Waals surface area contributed by atoms with Gasteiger partial charge >= 0.3 is 0 Å². The van der Waals surface area contributed by atoms with Crippen molar-refractivity contribution in [2.75, 3.05) is 6.61 Å². The highest BCUT2D eigenvalue weighted by molar-refractivity contribution is 4.96. The molecule has 1 aliphatic carbocycles. The van der Waals surface area contributed by atoms with Crippen LogP contribution in [0.1, 0.15) is 39.5 Å². The third-order valence-corrected chi connectivity index (χ3v) is 3.19. The number of rotatable bonds is 0. The van der Waals surface area contributed by atoms with Gasteiger partial charge in [0.25, 0.3) is 0 Å². The van der Waals surface area contributed by atoms with Crippen LogP contribution in [0.4, 0.5) is 0 Å². The van der Waals surface area contributed by atoms with E-state index in [4.69, 9.17) is 9.47 Å². The van der Waals surface area contributed by atoms with Crippen molar-refractivity contribution in [1.29, 1.82) is 0 Å². The van der Waals surface area contributed by atoms with Crippen molar-refractivity contribution in [2.45, 2.75) is 45.3 Å². The summed E-state index contributed by atoms with van der Waals surface area (Å²) in [5, 5.41) is 0. The van der Waals surface area contributed by atoms with Crippen LogP contribution < -0.4 is 0 Å². The van der Waals surface area contributed by atoms with Gasteiger partial charge in [0, 0.05) is 12.8 Å². The van der Waals surface area contributed by atoms with E-state index in [2.05, 4.69) is 20.4 Å². The van der Waals surface area contributed by atoms with Gasteiger partial charge in [0.2, 0.25) is 5.79 Å². The Hall–Kier alpha value is -0.500. The lowest BCUT2D eigenvalue weighted by atomic mass is 9.75. The van der Waals surface area contributed by atoms with Crippen LogP contribution in [0.3, 0.4) is 0 Å². The van der Waals surface area contributed by atoms with E-state index in [-0.39, 0.29) is 5.79 Å². The van der Waals surface area contributed by atoms with E-state index in [0.29, 0.717) is 12.0 Å². The molecule has 1 aliphatic heterocycles. The summed E-state index contributed by atoms with van der Waals surface area (Å²) >= 11 is 0. The largest absolute Gasteiger partial charge is 0.465 e. The van der Waals surface area contributed by atoms with Gasteiger partial charge in [-0.3, -0.25) is 0 Å². The molecule has 0 aromatic rings. The van der Waals surface area contributed by atoms with Crippen molar-refractivity contribution in [2.24, 2.45) is 5.41 Å². The normalized spacial score (nSPS) is 30.5. The van der Waals surface area contributed by atoms with Gasteiger partial charge in [-0.05, 0) is 18.3 Å². The fourth-order valence-electron chi connectivity index (χ4n) is 2.09. The predicted octanol–water partition coefficient (Wildman–Crippen LogP) is 2.84. The second-order valence-electron chi connectivity index (χ2n) is 5.00. The first-order valence-corrected chi connectivity index (χ1v) is 5.02. The second kappa shape index (κ2) is 2.74. The highest BCUT2D eigenvalue weighted by Crippen LogP contribution is 2.45. The molecule has 0 N–H and O–H groups in total. The second-order valence-corrected chi connectivity index (χ2v) is 5.00. The molecule has 0 bridgehead atoms. The van der Waals surface area contributed by atoms with Crippen LogP contribution in [0, 0.1) is 5.41 Å². The Balaban J connectivity index is 2.01. The molecule has 2 fully saturated rings. The Morgan fingerprint density at radius 2 is 1.77 bits per heavy atom. The zero-order valence-electron chi connectivity index (χ0n) is 8.56. The van der Waals surface area contributed by atoms with Gasteiger partial charge in [-0.2, -0.15) is 0 Å². The molecular weight excluding hydrogens is 164 g/mol. The standard InChI is InChI=1S/C11H18O2/c1-9-8-12-11(13-9)6-4-10(2,3)5-7-11/h1,4-8H2,2-3H3. The van der Waals surface area contributed by atoms with E-state index in [9.17, 15) is 0 Å². The third-order valence-electron chi connectivity index (χ3n) is 3.19. The predicted molar refractivity (Wildman–Crippen MR) is 51.2 cm³/mol. The van der Waals surface area contributed by atoms with Crippen molar-refractivity contribution in [1.82, 2.24) is 0 Å². The van der Waals surface area contributed by atoms with Crippen LogP contribution in [-0.2, 0) is 9.47 Å². The highest BCUT2D eigenvalue weighted by atomic mass is 16.7. The van der Waals surface area contributed by atoms with E-state index in [0.717, 1.165) is 18.6 Å². The lowest BCUT2D eigenvalue weighted by Gasteiger charge is -2.39. The molecule has 0 radical (unpaired) electrons. The van der Waals surface area contributed by atoms with Crippen LogP contribution in [0.2, 0.25) is 0 Å². The molecule has 0 unspecified atom stereocenters. The van der Waals surface area contributed by atoms with Crippen molar-refractivity contribution in [3.63, 3.8) is 0 Å². The summed E-state index contributed by atoms with van der Waals surface area (Å²) in [6.07, 6.45) is 4.39. The molecule has 1 spiro atoms. The Morgan fingerprint density at radius 1 is 1.15 bits per heavy atom. The van der Waals surface area contributed by atoms with Crippen LogP contribution in [0.25, 0.3) is 0 Å². The molecule has 1 saturated carbocycles. The maximum atomic E-state index is 5.67. The summed E-state index contributed by atoms with van der Waals surface area (Å²) < 4.78 is 11.3. The molecule has 0 atom stereocenters. The van der Waals surface area contributed by atoms with Crippen molar-refractivity contribution in [3.8, 4) is 0 Å². The third kappa shape index (κ3) is 1.73. The van der Waals surface area contributed by atoms with Gasteiger partial charge < -0.3 is 9.47 Å². The number of hydrogen-bond acceptors (Lipinski definition) is 2. The molecule has 0 aromatic heterocycles. The molecule has 2 heteroatoms. The molecule has 2 rings (SSSR count). The summed E-state index contributed by atoms with van der Waals surface area (Å²) in [6, 6.07) is 0. The maximum Gasteiger partial charge on any atom is 0.210 e. The minimum atomic E-state index is -0.299. The Bertz CT molecular complexity index is 220. The van der Waals surface area contributed by atoms with Crippen molar-refractivity contribution >= 4 is 0 Å². The molecule has 1 saturated heterocycles. The molecule has 2 aliphatic rings. The highest BCUT2D eigenvalue weighted by Gasteiger charge is 2.44. The van der Waals surface area contributed by atoms with Gasteiger partial charge in [-0.1, -0.05) is 20.4 Å². The summed E-state index contributed by atoms with van der Waals surface area (Å²) in [5.41, 5.74) is 0.460. The van der Waals surface area contributed by atoms with Gasteiger partial charge in [0.1, 0.15) is 12.4 Å². The monoisotopic (exact) mass is 182 g/mol. The van der Waals surface area contributed by atoms with Gasteiger partial charge in [-0.25, -0.2) is 0 Å². The first-order chi connectivity index (χ1) is 6.02. The van der Waals surface area contributed by atoms with E-state index in [1.807, 2.05) is 0 Å². The van der Waals surface area contributed by atoms with E-state index in [1.54, 1.807) is 0 Å². The Labute approximate surface area is 79.9 Å². The van der Waals surface area contributed by atoms with Crippen LogP contribution in [-0.4, -0.2) is 12.4 Å². The van der Waals surface area contributed by atoms with Crippen LogP contribution in [0.5, 0.6) is 0 Å². The van der Waals surface area contributed by atoms with Crippen LogP contribution >= 0.6 is 0 Å². The molecule has 2 nitrogen and oxygen atoms in total. The molecule has 0 aromatic carbocycles. The number of hydrogen-bond donors (Lipinski definition) is 0. The van der Waals surface area contributed by atoms with Crippen LogP contribution in [0.15, 0.2) is 12.3 Å². The van der Waals surface area contributed by atoms with E-state index in [1.165, 1.54) is 12.8 Å². The lowest BCUT2D eigenvalue weighted by molar-refractivity contribution is -0.181. The minimum absolute atomic E-state index is 0.299. The first kappa shape index (κ1) is 9.07. The van der Waals surface area contributed by atoms with Gasteiger partial charge in [0.05, 0.1) is 0 Å². The summed E-state index contributed by atoms with van der Waals surface area (Å²) in [7, 11) is 0. The van der Waals surface area contributed by atoms with E-state index < -0.39 is 0 Å². The van der Waals surface area contributed by atoms with Crippen molar-refractivity contribution in [3.05, 3.63) is 12.3 Å². The average molecular weight is 182 g/mol. The topological polar surface area (TPSA) is 18.5 Å². The van der Waals surface area contributed by atoms with Gasteiger partial charge in [-0.15, -0.1) is 0 Å². The first-order valence-electron chi connectivity index (χ1n) is 5.02. The molecule has 1 heterocycles. The Morgan fingerprint density at radius 3 is 2.23 bits per heavy atom. The van der Waals surface area contributed by atoms with Crippen molar-refractivity contribution < 1.29 is 9.47 Å².